The van der Waals surface area contributed by atoms with Gasteiger partial charge in [0.25, 0.3) is 0 Å². The summed E-state index contributed by atoms with van der Waals surface area (Å²) in [4.78, 5) is 10.7. The van der Waals surface area contributed by atoms with Crippen molar-refractivity contribution >= 4 is 5.97 Å². The molecule has 0 bridgehead atoms. The Hall–Kier alpha value is -1.62. The molecule has 1 heterocycles. The molecule has 0 amide bonds. The molecule has 1 aromatic carbocycles. The molecular weight excluding hydrogens is 191 g/mol. The minimum atomic E-state index is -1.33. The van der Waals surface area contributed by atoms with Crippen LogP contribution < -0.4 is 4.74 Å². The SMILES string of the molecule is O=C(O)c1c(F)ccc2c1OCOC2. The van der Waals surface area contributed by atoms with E-state index in [1.165, 1.54) is 6.07 Å². The molecule has 2 rings (SSSR count). The summed E-state index contributed by atoms with van der Waals surface area (Å²) < 4.78 is 23.0. The van der Waals surface area contributed by atoms with Gasteiger partial charge < -0.3 is 14.6 Å². The second-order valence-electron chi connectivity index (χ2n) is 2.83. The third kappa shape index (κ3) is 1.31. The van der Waals surface area contributed by atoms with E-state index in [9.17, 15) is 9.18 Å². The van der Waals surface area contributed by atoms with Gasteiger partial charge in [0.1, 0.15) is 17.1 Å². The van der Waals surface area contributed by atoms with Gasteiger partial charge >= 0.3 is 5.97 Å². The molecule has 1 aliphatic rings. The highest BCUT2D eigenvalue weighted by Gasteiger charge is 2.23. The summed E-state index contributed by atoms with van der Waals surface area (Å²) in [5.74, 6) is -2.05. The number of rotatable bonds is 1. The highest BCUT2D eigenvalue weighted by Crippen LogP contribution is 2.29. The summed E-state index contributed by atoms with van der Waals surface area (Å²) in [5.41, 5.74) is 0.126. The Bertz CT molecular complexity index is 389. The van der Waals surface area contributed by atoms with Crippen LogP contribution in [0, 0.1) is 5.82 Å². The van der Waals surface area contributed by atoms with Crippen LogP contribution in [0.5, 0.6) is 5.75 Å². The number of carbonyl (C=O) groups is 1. The van der Waals surface area contributed by atoms with Gasteiger partial charge in [-0.2, -0.15) is 0 Å². The predicted molar refractivity (Wildman–Crippen MR) is 43.6 cm³/mol. The van der Waals surface area contributed by atoms with Crippen molar-refractivity contribution in [3.05, 3.63) is 29.1 Å². The van der Waals surface area contributed by atoms with E-state index in [4.69, 9.17) is 14.6 Å². The fourth-order valence-electron chi connectivity index (χ4n) is 1.33. The van der Waals surface area contributed by atoms with Crippen LogP contribution >= 0.6 is 0 Å². The van der Waals surface area contributed by atoms with Crippen LogP contribution in [0.3, 0.4) is 0 Å². The van der Waals surface area contributed by atoms with E-state index in [1.807, 2.05) is 0 Å². The minimum Gasteiger partial charge on any atom is -0.477 e. The first kappa shape index (κ1) is 8.96. The zero-order chi connectivity index (χ0) is 10.1. The maximum Gasteiger partial charge on any atom is 0.342 e. The van der Waals surface area contributed by atoms with Gasteiger partial charge in [-0.25, -0.2) is 9.18 Å². The van der Waals surface area contributed by atoms with Gasteiger partial charge in [0.15, 0.2) is 6.79 Å². The summed E-state index contributed by atoms with van der Waals surface area (Å²) in [6.07, 6.45) is 0. The third-order valence-electron chi connectivity index (χ3n) is 1.95. The molecule has 0 aliphatic carbocycles. The molecule has 14 heavy (non-hydrogen) atoms. The molecule has 74 valence electrons. The van der Waals surface area contributed by atoms with Crippen LogP contribution in [-0.4, -0.2) is 17.9 Å². The minimum absolute atomic E-state index is 0.0449. The molecule has 1 N–H and O–H groups in total. The quantitative estimate of drug-likeness (QED) is 0.740. The maximum absolute atomic E-state index is 13.1. The van der Waals surface area contributed by atoms with Gasteiger partial charge in [0.2, 0.25) is 0 Å². The van der Waals surface area contributed by atoms with Crippen LogP contribution in [0.25, 0.3) is 0 Å². The van der Waals surface area contributed by atoms with Crippen molar-refractivity contribution in [1.29, 1.82) is 0 Å². The van der Waals surface area contributed by atoms with Gasteiger partial charge in [-0.05, 0) is 6.07 Å². The molecule has 0 spiro atoms. The first-order valence-electron chi connectivity index (χ1n) is 3.95. The number of halogens is 1. The summed E-state index contributed by atoms with van der Waals surface area (Å²) in [7, 11) is 0. The Morgan fingerprint density at radius 3 is 3.00 bits per heavy atom. The molecule has 4 nitrogen and oxygen atoms in total. The van der Waals surface area contributed by atoms with E-state index >= 15 is 0 Å². The smallest absolute Gasteiger partial charge is 0.342 e. The Labute approximate surface area is 78.9 Å². The van der Waals surface area contributed by atoms with Crippen molar-refractivity contribution in [2.24, 2.45) is 0 Å². The monoisotopic (exact) mass is 198 g/mol. The predicted octanol–water partition coefficient (Wildman–Crippen LogP) is 1.39. The number of carboxylic acid groups (broad SMARTS) is 1. The molecule has 5 heteroatoms. The molecular formula is C9H7FO4. The number of hydrogen-bond donors (Lipinski definition) is 1. The lowest BCUT2D eigenvalue weighted by Gasteiger charge is -2.19. The summed E-state index contributed by atoms with van der Waals surface area (Å²) >= 11 is 0. The fraction of sp³-hybridized carbons (Fsp3) is 0.222. The normalized spacial score (nSPS) is 14.4. The Morgan fingerprint density at radius 2 is 2.29 bits per heavy atom. The van der Waals surface area contributed by atoms with Gasteiger partial charge in [0.05, 0.1) is 6.61 Å². The van der Waals surface area contributed by atoms with Crippen molar-refractivity contribution < 1.29 is 23.8 Å². The summed E-state index contributed by atoms with van der Waals surface area (Å²) in [6, 6.07) is 2.55. The third-order valence-corrected chi connectivity index (χ3v) is 1.95. The molecule has 0 saturated carbocycles. The molecule has 1 aliphatic heterocycles. The first-order valence-corrected chi connectivity index (χ1v) is 3.95. The molecule has 0 aromatic heterocycles. The highest BCUT2D eigenvalue weighted by atomic mass is 19.1. The van der Waals surface area contributed by atoms with E-state index in [0.29, 0.717) is 5.56 Å². The van der Waals surface area contributed by atoms with Crippen LogP contribution in [0.1, 0.15) is 15.9 Å². The summed E-state index contributed by atoms with van der Waals surface area (Å²) in [6.45, 7) is 0.201. The Morgan fingerprint density at radius 1 is 1.50 bits per heavy atom. The zero-order valence-corrected chi connectivity index (χ0v) is 7.12. The second kappa shape index (κ2) is 3.26. The van der Waals surface area contributed by atoms with Crippen LogP contribution in [0.4, 0.5) is 4.39 Å². The van der Waals surface area contributed by atoms with Crippen molar-refractivity contribution in [2.75, 3.05) is 6.79 Å². The molecule has 1 aromatic rings. The number of aromatic carboxylic acids is 1. The highest BCUT2D eigenvalue weighted by molar-refractivity contribution is 5.91. The van der Waals surface area contributed by atoms with Gasteiger partial charge in [-0.3, -0.25) is 0 Å². The molecule has 0 radical (unpaired) electrons. The lowest BCUT2D eigenvalue weighted by molar-refractivity contribution is -0.0174. The van der Waals surface area contributed by atoms with Crippen molar-refractivity contribution in [3.63, 3.8) is 0 Å². The van der Waals surface area contributed by atoms with Crippen molar-refractivity contribution in [3.8, 4) is 5.75 Å². The maximum atomic E-state index is 13.1. The first-order chi connectivity index (χ1) is 6.70. The number of benzene rings is 1. The zero-order valence-electron chi connectivity index (χ0n) is 7.12. The van der Waals surface area contributed by atoms with Crippen molar-refractivity contribution in [1.82, 2.24) is 0 Å². The largest absolute Gasteiger partial charge is 0.477 e. The van der Waals surface area contributed by atoms with E-state index in [2.05, 4.69) is 0 Å². The lowest BCUT2D eigenvalue weighted by Crippen LogP contribution is -2.16. The van der Waals surface area contributed by atoms with Crippen molar-refractivity contribution in [2.45, 2.75) is 6.61 Å². The number of hydrogen-bond acceptors (Lipinski definition) is 3. The van der Waals surface area contributed by atoms with Crippen LogP contribution in [0.15, 0.2) is 12.1 Å². The van der Waals surface area contributed by atoms with E-state index in [1.54, 1.807) is 0 Å². The van der Waals surface area contributed by atoms with E-state index < -0.39 is 17.3 Å². The molecule has 0 saturated heterocycles. The Kier molecular flexibility index (Phi) is 2.09. The standard InChI is InChI=1S/C9H7FO4/c10-6-2-1-5-3-13-4-14-8(5)7(6)9(11)12/h1-2H,3-4H2,(H,11,12). The van der Waals surface area contributed by atoms with E-state index in [0.717, 1.165) is 6.07 Å². The van der Waals surface area contributed by atoms with Crippen LogP contribution in [0.2, 0.25) is 0 Å². The van der Waals surface area contributed by atoms with Gasteiger partial charge in [-0.15, -0.1) is 0 Å². The molecule has 0 fully saturated rings. The topological polar surface area (TPSA) is 55.8 Å². The number of carboxylic acids is 1. The number of ether oxygens (including phenoxy) is 2. The average molecular weight is 198 g/mol. The van der Waals surface area contributed by atoms with E-state index in [-0.39, 0.29) is 19.1 Å². The lowest BCUT2D eigenvalue weighted by atomic mass is 10.1. The number of fused-ring (bicyclic) bond motifs is 1. The molecule has 0 atom stereocenters. The fourth-order valence-corrected chi connectivity index (χ4v) is 1.33. The average Bonchev–Trinajstić information content (AvgIpc) is 2.17. The van der Waals surface area contributed by atoms with Crippen LogP contribution in [-0.2, 0) is 11.3 Å². The van der Waals surface area contributed by atoms with Gasteiger partial charge in [0, 0.05) is 5.56 Å². The summed E-state index contributed by atoms with van der Waals surface area (Å²) in [5, 5.41) is 8.76. The Balaban J connectivity index is 2.60. The molecule has 0 unspecified atom stereocenters. The second-order valence-corrected chi connectivity index (χ2v) is 2.83. The van der Waals surface area contributed by atoms with Gasteiger partial charge in [-0.1, -0.05) is 6.07 Å².